The van der Waals surface area contributed by atoms with Gasteiger partial charge in [0.05, 0.1) is 0 Å². The van der Waals surface area contributed by atoms with Gasteiger partial charge in [-0.05, 0) is 44.9 Å². The summed E-state index contributed by atoms with van der Waals surface area (Å²) in [5.74, 6) is 0.737. The van der Waals surface area contributed by atoms with Crippen molar-refractivity contribution in [3.05, 3.63) is 0 Å². The number of likely N-dealkylation sites (tertiary alicyclic amines) is 1. The normalized spacial score (nSPS) is 19.3. The molecule has 0 aromatic rings. The van der Waals surface area contributed by atoms with Gasteiger partial charge in [0.15, 0.2) is 0 Å². The Morgan fingerprint density at radius 3 is 1.88 bits per heavy atom. The predicted molar refractivity (Wildman–Crippen MR) is 72.0 cm³/mol. The van der Waals surface area contributed by atoms with Gasteiger partial charge in [-0.15, -0.1) is 0 Å². The number of nitrogens with zero attached hydrogens (tertiary/aromatic N) is 1. The third-order valence-corrected chi connectivity index (χ3v) is 3.49. The van der Waals surface area contributed by atoms with Crippen molar-refractivity contribution in [1.29, 1.82) is 0 Å². The summed E-state index contributed by atoms with van der Waals surface area (Å²) in [7, 11) is 0. The van der Waals surface area contributed by atoms with Gasteiger partial charge < -0.3 is 10.2 Å². The largest absolute Gasteiger partial charge is 0.333 e. The number of hydrogen-bond donors (Lipinski definition) is 1. The molecular formula is C14H28N2O. The van der Waals surface area contributed by atoms with Crippen molar-refractivity contribution in [2.24, 2.45) is 11.3 Å². The van der Waals surface area contributed by atoms with Gasteiger partial charge in [0.2, 0.25) is 0 Å². The van der Waals surface area contributed by atoms with E-state index in [1.165, 1.54) is 0 Å². The Kier molecular flexibility index (Phi) is 4.11. The second kappa shape index (κ2) is 4.87. The Hall–Kier alpha value is -0.730. The van der Waals surface area contributed by atoms with Crippen LogP contribution in [0.5, 0.6) is 0 Å². The van der Waals surface area contributed by atoms with Crippen molar-refractivity contribution in [3.8, 4) is 0 Å². The molecule has 3 nitrogen and oxygen atoms in total. The van der Waals surface area contributed by atoms with E-state index in [2.05, 4.69) is 26.1 Å². The molecule has 0 atom stereocenters. The van der Waals surface area contributed by atoms with Crippen molar-refractivity contribution in [1.82, 2.24) is 10.2 Å². The molecule has 0 unspecified atom stereocenters. The SMILES string of the molecule is CC(C)(C)NC(=O)N1CCC(C(C)(C)C)CC1. The van der Waals surface area contributed by atoms with Crippen LogP contribution in [0.2, 0.25) is 0 Å². The van der Waals surface area contributed by atoms with Crippen LogP contribution in [0, 0.1) is 11.3 Å². The van der Waals surface area contributed by atoms with Crippen LogP contribution in [0.1, 0.15) is 54.4 Å². The summed E-state index contributed by atoms with van der Waals surface area (Å²) < 4.78 is 0. The van der Waals surface area contributed by atoms with E-state index in [1.807, 2.05) is 25.7 Å². The highest BCUT2D eigenvalue weighted by atomic mass is 16.2. The molecule has 1 fully saturated rings. The van der Waals surface area contributed by atoms with E-state index in [4.69, 9.17) is 0 Å². The standard InChI is InChI=1S/C14H28N2O/c1-13(2,3)11-7-9-16(10-8-11)12(17)15-14(4,5)6/h11H,7-10H2,1-6H3,(H,15,17). The molecule has 17 heavy (non-hydrogen) atoms. The first-order chi connectivity index (χ1) is 7.59. The smallest absolute Gasteiger partial charge is 0.317 e. The van der Waals surface area contributed by atoms with Gasteiger partial charge >= 0.3 is 6.03 Å². The fraction of sp³-hybridized carbons (Fsp3) is 0.929. The Morgan fingerprint density at radius 2 is 1.53 bits per heavy atom. The van der Waals surface area contributed by atoms with E-state index >= 15 is 0 Å². The molecule has 100 valence electrons. The molecule has 1 rings (SSSR count). The summed E-state index contributed by atoms with van der Waals surface area (Å²) in [5.41, 5.74) is 0.227. The Bertz CT molecular complexity index is 265. The summed E-state index contributed by atoms with van der Waals surface area (Å²) in [6.45, 7) is 14.7. The zero-order valence-electron chi connectivity index (χ0n) is 12.3. The van der Waals surface area contributed by atoms with Crippen molar-refractivity contribution in [3.63, 3.8) is 0 Å². The van der Waals surface area contributed by atoms with E-state index in [-0.39, 0.29) is 11.6 Å². The summed E-state index contributed by atoms with van der Waals surface area (Å²) in [4.78, 5) is 13.9. The number of piperidine rings is 1. The zero-order valence-corrected chi connectivity index (χ0v) is 12.3. The van der Waals surface area contributed by atoms with Gasteiger partial charge in [-0.1, -0.05) is 20.8 Å². The maximum Gasteiger partial charge on any atom is 0.317 e. The first-order valence-electron chi connectivity index (χ1n) is 6.67. The van der Waals surface area contributed by atoms with Crippen LogP contribution in [0.3, 0.4) is 0 Å². The summed E-state index contributed by atoms with van der Waals surface area (Å²) in [6.07, 6.45) is 2.25. The lowest BCUT2D eigenvalue weighted by atomic mass is 9.75. The van der Waals surface area contributed by atoms with Crippen LogP contribution < -0.4 is 5.32 Å². The lowest BCUT2D eigenvalue weighted by molar-refractivity contribution is 0.118. The molecule has 1 N–H and O–H groups in total. The minimum absolute atomic E-state index is 0.0878. The molecule has 1 saturated heterocycles. The Morgan fingerprint density at radius 1 is 1.06 bits per heavy atom. The molecule has 0 aromatic carbocycles. The molecule has 1 aliphatic rings. The summed E-state index contributed by atoms with van der Waals surface area (Å²) in [5, 5.41) is 3.03. The van der Waals surface area contributed by atoms with E-state index in [0.29, 0.717) is 5.41 Å². The molecule has 0 aliphatic carbocycles. The maximum atomic E-state index is 12.0. The van der Waals surface area contributed by atoms with Crippen LogP contribution in [-0.2, 0) is 0 Å². The van der Waals surface area contributed by atoms with Gasteiger partial charge in [0, 0.05) is 18.6 Å². The number of nitrogens with one attached hydrogen (secondary N) is 1. The number of rotatable bonds is 0. The average molecular weight is 240 g/mol. The monoisotopic (exact) mass is 240 g/mol. The highest BCUT2D eigenvalue weighted by Crippen LogP contribution is 2.34. The van der Waals surface area contributed by atoms with Crippen molar-refractivity contribution >= 4 is 6.03 Å². The maximum absolute atomic E-state index is 12.0. The molecule has 3 heteroatoms. The summed E-state index contributed by atoms with van der Waals surface area (Å²) >= 11 is 0. The number of urea groups is 1. The fourth-order valence-electron chi connectivity index (χ4n) is 2.35. The fourth-order valence-corrected chi connectivity index (χ4v) is 2.35. The van der Waals surface area contributed by atoms with Crippen LogP contribution in [0.15, 0.2) is 0 Å². The van der Waals surface area contributed by atoms with Gasteiger partial charge in [0.25, 0.3) is 0 Å². The molecule has 1 aliphatic heterocycles. The van der Waals surface area contributed by atoms with Crippen molar-refractivity contribution < 1.29 is 4.79 Å². The van der Waals surface area contributed by atoms with Crippen molar-refractivity contribution in [2.45, 2.75) is 59.9 Å². The lowest BCUT2D eigenvalue weighted by Gasteiger charge is -2.39. The molecule has 2 amide bonds. The van der Waals surface area contributed by atoms with Crippen LogP contribution in [-0.4, -0.2) is 29.6 Å². The molecule has 1 heterocycles. The molecule has 0 bridgehead atoms. The third kappa shape index (κ3) is 4.57. The Balaban J connectivity index is 2.45. The molecule has 0 saturated carbocycles. The minimum atomic E-state index is -0.141. The van der Waals surface area contributed by atoms with Crippen LogP contribution >= 0.6 is 0 Å². The first-order valence-corrected chi connectivity index (χ1v) is 6.67. The molecule has 0 spiro atoms. The van der Waals surface area contributed by atoms with E-state index in [1.54, 1.807) is 0 Å². The predicted octanol–water partition coefficient (Wildman–Crippen LogP) is 3.25. The number of carbonyl (C=O) groups excluding carboxylic acids is 1. The quantitative estimate of drug-likeness (QED) is 0.692. The number of amides is 2. The van der Waals surface area contributed by atoms with Gasteiger partial charge in [-0.2, -0.15) is 0 Å². The zero-order chi connectivity index (χ0) is 13.3. The first kappa shape index (κ1) is 14.3. The second-order valence-electron chi connectivity index (χ2n) is 7.31. The number of carbonyl (C=O) groups is 1. The lowest BCUT2D eigenvalue weighted by Crippen LogP contribution is -2.51. The topological polar surface area (TPSA) is 32.3 Å². The minimum Gasteiger partial charge on any atom is -0.333 e. The van der Waals surface area contributed by atoms with Gasteiger partial charge in [0.1, 0.15) is 0 Å². The van der Waals surface area contributed by atoms with E-state index < -0.39 is 0 Å². The Labute approximate surface area is 106 Å². The summed E-state index contributed by atoms with van der Waals surface area (Å²) in [6, 6.07) is 0.0878. The van der Waals surface area contributed by atoms with Crippen LogP contribution in [0.25, 0.3) is 0 Å². The molecule has 0 radical (unpaired) electrons. The van der Waals surface area contributed by atoms with E-state index in [0.717, 1.165) is 31.8 Å². The average Bonchev–Trinajstić information content (AvgIpc) is 2.14. The van der Waals surface area contributed by atoms with E-state index in [9.17, 15) is 4.79 Å². The third-order valence-electron chi connectivity index (χ3n) is 3.49. The number of hydrogen-bond acceptors (Lipinski definition) is 1. The van der Waals surface area contributed by atoms with Gasteiger partial charge in [-0.25, -0.2) is 4.79 Å². The highest BCUT2D eigenvalue weighted by molar-refractivity contribution is 5.75. The molecule has 0 aromatic heterocycles. The second-order valence-corrected chi connectivity index (χ2v) is 7.31. The molecular weight excluding hydrogens is 212 g/mol. The highest BCUT2D eigenvalue weighted by Gasteiger charge is 2.31. The van der Waals surface area contributed by atoms with Crippen LogP contribution in [0.4, 0.5) is 4.79 Å². The van der Waals surface area contributed by atoms with Crippen molar-refractivity contribution in [2.75, 3.05) is 13.1 Å². The van der Waals surface area contributed by atoms with Gasteiger partial charge in [-0.3, -0.25) is 0 Å².